The Morgan fingerprint density at radius 2 is 1.76 bits per heavy atom. The molecule has 14 heteroatoms. The number of anilines is 3. The second-order valence-corrected chi connectivity index (χ2v) is 17.7. The number of amides is 2. The van der Waals surface area contributed by atoms with Crippen LogP contribution in [0.3, 0.4) is 0 Å². The molecule has 2 aliphatic heterocycles. The first-order valence-electron chi connectivity index (χ1n) is 19.3. The third-order valence-electron chi connectivity index (χ3n) is 13.2. The smallest absolute Gasteiger partial charge is 0.261 e. The van der Waals surface area contributed by atoms with Crippen LogP contribution >= 0.6 is 0 Å². The zero-order chi connectivity index (χ0) is 38.9. The van der Waals surface area contributed by atoms with E-state index in [2.05, 4.69) is 27.4 Å². The van der Waals surface area contributed by atoms with Crippen molar-refractivity contribution in [2.24, 2.45) is 11.8 Å². The molecule has 1 saturated heterocycles. The van der Waals surface area contributed by atoms with Crippen molar-refractivity contribution in [2.75, 3.05) is 23.3 Å². The third-order valence-corrected chi connectivity index (χ3v) is 13.2. The molecule has 5 aliphatic rings. The van der Waals surface area contributed by atoms with E-state index < -0.39 is 34.9 Å². The average molecular weight is 759 g/mol. The highest BCUT2D eigenvalue weighted by molar-refractivity contribution is 6.08. The second-order valence-electron chi connectivity index (χ2n) is 17.7. The van der Waals surface area contributed by atoms with Gasteiger partial charge in [-0.25, -0.2) is 27.5 Å². The highest BCUT2D eigenvalue weighted by Crippen LogP contribution is 2.53. The maximum absolute atomic E-state index is 15.7. The number of rotatable bonds is 9. The van der Waals surface area contributed by atoms with E-state index >= 15 is 8.78 Å². The van der Waals surface area contributed by atoms with E-state index in [1.165, 1.54) is 19.8 Å². The Hall–Kier alpha value is -4.59. The summed E-state index contributed by atoms with van der Waals surface area (Å²) in [6.45, 7) is 13.5. The first-order valence-corrected chi connectivity index (χ1v) is 19.3. The lowest BCUT2D eigenvalue weighted by molar-refractivity contribution is -0.124. The molecule has 1 unspecified atom stereocenters. The van der Waals surface area contributed by atoms with Crippen LogP contribution in [0.1, 0.15) is 101 Å². The van der Waals surface area contributed by atoms with Gasteiger partial charge in [0.2, 0.25) is 5.91 Å². The zero-order valence-corrected chi connectivity index (χ0v) is 31.9. The van der Waals surface area contributed by atoms with Crippen molar-refractivity contribution in [2.45, 2.75) is 115 Å². The lowest BCUT2D eigenvalue weighted by atomic mass is 9.71. The minimum atomic E-state index is -2.79. The molecule has 3 saturated carbocycles. The summed E-state index contributed by atoms with van der Waals surface area (Å²) < 4.78 is 60.3. The number of carbonyl (C=O) groups is 2. The van der Waals surface area contributed by atoms with Crippen LogP contribution in [0, 0.1) is 30.4 Å². The normalized spacial score (nSPS) is 26.3. The van der Waals surface area contributed by atoms with Gasteiger partial charge in [0.15, 0.2) is 17.5 Å². The number of alkyl halides is 2. The average Bonchev–Trinajstić information content (AvgIpc) is 4.04. The zero-order valence-electron chi connectivity index (χ0n) is 31.9. The number of hydrogen-bond acceptors (Lipinski definition) is 7. The number of benzene rings is 1. The topological polar surface area (TPSA) is 108 Å². The van der Waals surface area contributed by atoms with Gasteiger partial charge in [-0.15, -0.1) is 0 Å². The molecule has 5 heterocycles. The van der Waals surface area contributed by atoms with E-state index in [-0.39, 0.29) is 59.0 Å². The SMILES string of the molecule is Cc1c(C(=O)NC2(C(F)F)CC2)cc(Nc2nc(-c3cnc4c(c3)N(C3CC(C)(N5CCC6C[C@@H]6C5)C3)C(=O)C4(C)C)cc3ncn(C(C)C)c23)c(F)c1F. The van der Waals surface area contributed by atoms with Crippen LogP contribution in [-0.2, 0) is 10.2 Å². The molecule has 9 rings (SSSR count). The van der Waals surface area contributed by atoms with Crippen LogP contribution in [0.5, 0.6) is 0 Å². The molecular formula is C41H46F4N8O2. The van der Waals surface area contributed by atoms with Gasteiger partial charge >= 0.3 is 0 Å². The Balaban J connectivity index is 1.07. The fraction of sp³-hybridized carbons (Fsp3) is 0.537. The molecule has 10 nitrogen and oxygen atoms in total. The van der Waals surface area contributed by atoms with Crippen molar-refractivity contribution < 1.29 is 27.2 Å². The minimum absolute atomic E-state index is 0.0133. The number of pyridine rings is 2. The van der Waals surface area contributed by atoms with Crippen molar-refractivity contribution in [1.29, 1.82) is 0 Å². The summed E-state index contributed by atoms with van der Waals surface area (Å²) in [5.41, 5.74) is 0.106. The van der Waals surface area contributed by atoms with Crippen LogP contribution in [0.15, 0.2) is 30.7 Å². The number of aromatic nitrogens is 4. The third kappa shape index (κ3) is 5.63. The summed E-state index contributed by atoms with van der Waals surface area (Å²) in [5, 5.41) is 5.27. The fourth-order valence-corrected chi connectivity index (χ4v) is 9.29. The number of halogens is 4. The summed E-state index contributed by atoms with van der Waals surface area (Å²) in [6, 6.07) is 4.80. The number of carbonyl (C=O) groups excluding carboxylic acids is 2. The molecule has 55 heavy (non-hydrogen) atoms. The van der Waals surface area contributed by atoms with Crippen LogP contribution in [0.4, 0.5) is 34.8 Å². The summed E-state index contributed by atoms with van der Waals surface area (Å²) in [6.07, 6.45) is 5.06. The van der Waals surface area contributed by atoms with E-state index in [4.69, 9.17) is 9.97 Å². The number of nitrogens with zero attached hydrogens (tertiary/aromatic N) is 6. The quantitative estimate of drug-likeness (QED) is 0.168. The molecule has 2 N–H and O–H groups in total. The van der Waals surface area contributed by atoms with Crippen LogP contribution < -0.4 is 15.5 Å². The highest BCUT2D eigenvalue weighted by Gasteiger charge is 2.57. The standard InChI is InChI=1S/C41H46F4N8O2/c1-20(2)52-19-47-29-14-27(48-35(33(29)52)49-28-13-26(21(3)31(42)32(28)43)36(54)50-41(8-9-41)37(44)45)23-12-30-34(46-17-23)39(4,5)38(55)53(30)25-15-40(6,16-25)51-10-7-22-11-24(22)18-51/h12-14,17,19-20,22,24-25,37H,7-11,15-16,18H2,1-6H3,(H,48,49)(H,50,54)/t22?,24-,25?,40?/m1/s1. The Morgan fingerprint density at radius 3 is 2.44 bits per heavy atom. The number of hydrogen-bond donors (Lipinski definition) is 2. The lowest BCUT2D eigenvalue weighted by Gasteiger charge is -2.55. The highest BCUT2D eigenvalue weighted by atomic mass is 19.3. The molecule has 2 atom stereocenters. The van der Waals surface area contributed by atoms with Crippen molar-refractivity contribution in [3.05, 3.63) is 59.2 Å². The van der Waals surface area contributed by atoms with Gasteiger partial charge < -0.3 is 20.1 Å². The minimum Gasteiger partial charge on any atom is -0.341 e. The summed E-state index contributed by atoms with van der Waals surface area (Å²) in [4.78, 5) is 46.2. The maximum atomic E-state index is 15.7. The van der Waals surface area contributed by atoms with E-state index in [1.54, 1.807) is 18.6 Å². The molecule has 3 aliphatic carbocycles. The molecule has 290 valence electrons. The van der Waals surface area contributed by atoms with Crippen molar-refractivity contribution in [3.63, 3.8) is 0 Å². The van der Waals surface area contributed by atoms with E-state index in [0.29, 0.717) is 28.0 Å². The van der Waals surface area contributed by atoms with Crippen molar-refractivity contribution in [3.8, 4) is 11.3 Å². The molecule has 2 amide bonds. The Bertz CT molecular complexity index is 2280. The van der Waals surface area contributed by atoms with Gasteiger partial charge in [0, 0.05) is 47.1 Å². The summed E-state index contributed by atoms with van der Waals surface area (Å²) in [7, 11) is 0. The number of nitrogens with one attached hydrogen (secondary N) is 2. The lowest BCUT2D eigenvalue weighted by Crippen LogP contribution is -2.64. The van der Waals surface area contributed by atoms with E-state index in [0.717, 1.165) is 49.5 Å². The fourth-order valence-electron chi connectivity index (χ4n) is 9.29. The van der Waals surface area contributed by atoms with Crippen LogP contribution in [0.25, 0.3) is 22.3 Å². The molecule has 1 aromatic carbocycles. The summed E-state index contributed by atoms with van der Waals surface area (Å²) in [5.74, 6) is -1.57. The molecule has 0 spiro atoms. The van der Waals surface area contributed by atoms with Gasteiger partial charge in [0.1, 0.15) is 11.1 Å². The number of imidazole rings is 1. The van der Waals surface area contributed by atoms with Gasteiger partial charge in [-0.05, 0) is 117 Å². The molecule has 3 aromatic heterocycles. The first-order chi connectivity index (χ1) is 26.0. The first kappa shape index (κ1) is 36.1. The monoisotopic (exact) mass is 758 g/mol. The Labute approximate surface area is 317 Å². The van der Waals surface area contributed by atoms with Gasteiger partial charge in [-0.2, -0.15) is 0 Å². The molecule has 4 aromatic rings. The van der Waals surface area contributed by atoms with Crippen molar-refractivity contribution in [1.82, 2.24) is 29.7 Å². The molecular weight excluding hydrogens is 712 g/mol. The van der Waals surface area contributed by atoms with E-state index in [9.17, 15) is 18.4 Å². The van der Waals surface area contributed by atoms with Gasteiger partial charge in [0.05, 0.1) is 40.0 Å². The predicted octanol–water partition coefficient (Wildman–Crippen LogP) is 7.82. The Kier molecular flexibility index (Phi) is 8.00. The van der Waals surface area contributed by atoms with Gasteiger partial charge in [-0.3, -0.25) is 19.5 Å². The molecule has 4 fully saturated rings. The predicted molar refractivity (Wildman–Crippen MR) is 201 cm³/mol. The number of likely N-dealkylation sites (tertiary alicyclic amines) is 1. The Morgan fingerprint density at radius 1 is 1.02 bits per heavy atom. The molecule has 0 bridgehead atoms. The number of fused-ring (bicyclic) bond motifs is 3. The van der Waals surface area contributed by atoms with Crippen LogP contribution in [-0.4, -0.2) is 72.9 Å². The van der Waals surface area contributed by atoms with Gasteiger partial charge in [0.25, 0.3) is 12.3 Å². The number of piperidine rings is 1. The van der Waals surface area contributed by atoms with Crippen LogP contribution in [0.2, 0.25) is 0 Å². The molecule has 0 radical (unpaired) electrons. The van der Waals surface area contributed by atoms with E-state index in [1.807, 2.05) is 43.2 Å². The largest absolute Gasteiger partial charge is 0.341 e. The maximum Gasteiger partial charge on any atom is 0.261 e. The summed E-state index contributed by atoms with van der Waals surface area (Å²) >= 11 is 0. The van der Waals surface area contributed by atoms with Crippen molar-refractivity contribution >= 4 is 40.0 Å². The second kappa shape index (κ2) is 12.2. The van der Waals surface area contributed by atoms with Gasteiger partial charge in [-0.1, -0.05) is 0 Å².